The van der Waals surface area contributed by atoms with E-state index in [2.05, 4.69) is 20.4 Å². The summed E-state index contributed by atoms with van der Waals surface area (Å²) in [5.74, 6) is 0.487. The first-order valence-electron chi connectivity index (χ1n) is 4.21. The van der Waals surface area contributed by atoms with Gasteiger partial charge in [-0.25, -0.2) is 4.79 Å². The Bertz CT molecular complexity index is 189. The van der Waals surface area contributed by atoms with Gasteiger partial charge in [0.1, 0.15) is 6.10 Å². The van der Waals surface area contributed by atoms with Crippen LogP contribution in [0.1, 0.15) is 13.8 Å². The molecule has 0 aromatic carbocycles. The molecule has 1 aliphatic heterocycles. The number of hydrogen-bond donors (Lipinski definition) is 0. The molecule has 0 bridgehead atoms. The molecule has 3 nitrogen and oxygen atoms in total. The number of amides is 1. The summed E-state index contributed by atoms with van der Waals surface area (Å²) in [6.45, 7) is 9.16. The summed E-state index contributed by atoms with van der Waals surface area (Å²) in [6.07, 6.45) is 1.34. The third kappa shape index (κ3) is 2.00. The third-order valence-corrected chi connectivity index (χ3v) is 1.76. The third-order valence-electron chi connectivity index (χ3n) is 1.76. The summed E-state index contributed by atoms with van der Waals surface area (Å²) in [7, 11) is 0. The van der Waals surface area contributed by atoms with E-state index in [-0.39, 0.29) is 12.2 Å². The zero-order valence-electron chi connectivity index (χ0n) is 7.62. The highest BCUT2D eigenvalue weighted by atomic mass is 16.6. The molecule has 0 aliphatic carbocycles. The van der Waals surface area contributed by atoms with Gasteiger partial charge in [0.2, 0.25) is 0 Å². The van der Waals surface area contributed by atoms with Crippen LogP contribution in [0.5, 0.6) is 0 Å². The lowest BCUT2D eigenvalue weighted by atomic mass is 10.2. The SMILES string of the molecule is C=CC1CN(CC(C)C)C(=O)O1. The highest BCUT2D eigenvalue weighted by molar-refractivity contribution is 5.70. The zero-order valence-corrected chi connectivity index (χ0v) is 7.62. The van der Waals surface area contributed by atoms with Crippen molar-refractivity contribution in [1.82, 2.24) is 4.90 Å². The lowest BCUT2D eigenvalue weighted by molar-refractivity contribution is 0.143. The van der Waals surface area contributed by atoms with Gasteiger partial charge < -0.3 is 9.64 Å². The van der Waals surface area contributed by atoms with Gasteiger partial charge in [-0.2, -0.15) is 0 Å². The highest BCUT2D eigenvalue weighted by Gasteiger charge is 2.28. The van der Waals surface area contributed by atoms with E-state index in [4.69, 9.17) is 4.74 Å². The lowest BCUT2D eigenvalue weighted by Gasteiger charge is -2.14. The first-order chi connectivity index (χ1) is 5.63. The molecule has 1 atom stereocenters. The minimum absolute atomic E-state index is 0.115. The molecule has 1 amide bonds. The molecule has 1 heterocycles. The van der Waals surface area contributed by atoms with Crippen molar-refractivity contribution in [1.29, 1.82) is 0 Å². The molecule has 0 aromatic rings. The molecule has 1 fully saturated rings. The molecular weight excluding hydrogens is 154 g/mol. The normalized spacial score (nSPS) is 23.1. The molecule has 0 spiro atoms. The second-order valence-electron chi connectivity index (χ2n) is 3.46. The number of ether oxygens (including phenoxy) is 1. The van der Waals surface area contributed by atoms with Crippen LogP contribution in [0.15, 0.2) is 12.7 Å². The summed E-state index contributed by atoms with van der Waals surface area (Å²) in [6, 6.07) is 0. The number of cyclic esters (lactones) is 1. The fraction of sp³-hybridized carbons (Fsp3) is 0.667. The monoisotopic (exact) mass is 169 g/mol. The van der Waals surface area contributed by atoms with E-state index in [1.54, 1.807) is 11.0 Å². The molecular formula is C9H15NO2. The van der Waals surface area contributed by atoms with Crippen molar-refractivity contribution in [3.05, 3.63) is 12.7 Å². The van der Waals surface area contributed by atoms with Gasteiger partial charge in [-0.15, -0.1) is 0 Å². The zero-order chi connectivity index (χ0) is 9.14. The maximum absolute atomic E-state index is 11.1. The summed E-state index contributed by atoms with van der Waals surface area (Å²) in [5.41, 5.74) is 0. The van der Waals surface area contributed by atoms with Gasteiger partial charge in [0.05, 0.1) is 6.54 Å². The van der Waals surface area contributed by atoms with E-state index < -0.39 is 0 Å². The molecule has 0 saturated carbocycles. The summed E-state index contributed by atoms with van der Waals surface area (Å²) in [4.78, 5) is 12.9. The topological polar surface area (TPSA) is 29.5 Å². The Hall–Kier alpha value is -0.990. The Balaban J connectivity index is 2.46. The molecule has 1 rings (SSSR count). The molecule has 3 heteroatoms. The van der Waals surface area contributed by atoms with Gasteiger partial charge in [-0.1, -0.05) is 20.4 Å². The van der Waals surface area contributed by atoms with Crippen molar-refractivity contribution in [2.45, 2.75) is 20.0 Å². The Labute approximate surface area is 73.0 Å². The van der Waals surface area contributed by atoms with Crippen molar-refractivity contribution < 1.29 is 9.53 Å². The maximum Gasteiger partial charge on any atom is 0.410 e. The second kappa shape index (κ2) is 3.61. The molecule has 1 unspecified atom stereocenters. The van der Waals surface area contributed by atoms with Crippen LogP contribution < -0.4 is 0 Å². The van der Waals surface area contributed by atoms with Crippen LogP contribution in [0, 0.1) is 5.92 Å². The minimum Gasteiger partial charge on any atom is -0.440 e. The summed E-state index contributed by atoms with van der Waals surface area (Å²) in [5, 5.41) is 0. The van der Waals surface area contributed by atoms with Gasteiger partial charge in [0.15, 0.2) is 0 Å². The van der Waals surface area contributed by atoms with Crippen LogP contribution in [0.3, 0.4) is 0 Å². The number of nitrogens with zero attached hydrogens (tertiary/aromatic N) is 1. The van der Waals surface area contributed by atoms with Crippen LogP contribution in [-0.4, -0.2) is 30.2 Å². The molecule has 68 valence electrons. The number of carbonyl (C=O) groups excluding carboxylic acids is 1. The number of hydrogen-bond acceptors (Lipinski definition) is 2. The predicted octanol–water partition coefficient (Wildman–Crippen LogP) is 1.65. The largest absolute Gasteiger partial charge is 0.440 e. The van der Waals surface area contributed by atoms with Crippen molar-refractivity contribution in [3.63, 3.8) is 0 Å². The van der Waals surface area contributed by atoms with E-state index in [9.17, 15) is 4.79 Å². The maximum atomic E-state index is 11.1. The van der Waals surface area contributed by atoms with Crippen molar-refractivity contribution in [3.8, 4) is 0 Å². The van der Waals surface area contributed by atoms with Crippen LogP contribution in [0.2, 0.25) is 0 Å². The van der Waals surface area contributed by atoms with Crippen LogP contribution in [0.4, 0.5) is 4.79 Å². The second-order valence-corrected chi connectivity index (χ2v) is 3.46. The van der Waals surface area contributed by atoms with Gasteiger partial charge in [0.25, 0.3) is 0 Å². The Morgan fingerprint density at radius 3 is 2.92 bits per heavy atom. The molecule has 1 saturated heterocycles. The lowest BCUT2D eigenvalue weighted by Crippen LogP contribution is -2.28. The van der Waals surface area contributed by atoms with Crippen molar-refractivity contribution in [2.24, 2.45) is 5.92 Å². The smallest absolute Gasteiger partial charge is 0.410 e. The average molecular weight is 169 g/mol. The summed E-state index contributed by atoms with van der Waals surface area (Å²) < 4.78 is 4.99. The fourth-order valence-electron chi connectivity index (χ4n) is 1.25. The first kappa shape index (κ1) is 9.10. The fourth-order valence-corrected chi connectivity index (χ4v) is 1.25. The average Bonchev–Trinajstić information content (AvgIpc) is 2.31. The molecule has 12 heavy (non-hydrogen) atoms. The standard InChI is InChI=1S/C9H15NO2/c1-4-8-6-10(5-7(2)3)9(11)12-8/h4,7-8H,1,5-6H2,2-3H3. The van der Waals surface area contributed by atoms with E-state index in [0.717, 1.165) is 6.54 Å². The minimum atomic E-state index is -0.214. The van der Waals surface area contributed by atoms with E-state index in [1.807, 2.05) is 0 Å². The summed E-state index contributed by atoms with van der Waals surface area (Å²) >= 11 is 0. The first-order valence-corrected chi connectivity index (χ1v) is 4.21. The van der Waals surface area contributed by atoms with Crippen molar-refractivity contribution >= 4 is 6.09 Å². The van der Waals surface area contributed by atoms with E-state index >= 15 is 0 Å². The Kier molecular flexibility index (Phi) is 2.74. The molecule has 0 N–H and O–H groups in total. The molecule has 1 aliphatic rings. The number of rotatable bonds is 3. The van der Waals surface area contributed by atoms with Crippen molar-refractivity contribution in [2.75, 3.05) is 13.1 Å². The van der Waals surface area contributed by atoms with Gasteiger partial charge in [-0.3, -0.25) is 0 Å². The molecule has 0 aromatic heterocycles. The van der Waals surface area contributed by atoms with E-state index in [1.165, 1.54) is 0 Å². The van der Waals surface area contributed by atoms with Crippen LogP contribution in [-0.2, 0) is 4.74 Å². The Morgan fingerprint density at radius 1 is 1.83 bits per heavy atom. The molecule has 0 radical (unpaired) electrons. The van der Waals surface area contributed by atoms with E-state index in [0.29, 0.717) is 12.5 Å². The Morgan fingerprint density at radius 2 is 2.50 bits per heavy atom. The van der Waals surface area contributed by atoms with Crippen LogP contribution in [0.25, 0.3) is 0 Å². The van der Waals surface area contributed by atoms with Gasteiger partial charge >= 0.3 is 6.09 Å². The van der Waals surface area contributed by atoms with Gasteiger partial charge in [-0.05, 0) is 12.0 Å². The predicted molar refractivity (Wildman–Crippen MR) is 46.9 cm³/mol. The number of carbonyl (C=O) groups is 1. The highest BCUT2D eigenvalue weighted by Crippen LogP contribution is 2.13. The van der Waals surface area contributed by atoms with Gasteiger partial charge in [0, 0.05) is 6.54 Å². The quantitative estimate of drug-likeness (QED) is 0.601. The van der Waals surface area contributed by atoms with Crippen LogP contribution >= 0.6 is 0 Å².